The highest BCUT2D eigenvalue weighted by Crippen LogP contribution is 2.28. The maximum atomic E-state index is 12.6. The number of fused-ring (bicyclic) bond motifs is 1. The normalized spacial score (nSPS) is 19.8. The molecule has 0 bridgehead atoms. The summed E-state index contributed by atoms with van der Waals surface area (Å²) in [7, 11) is 0. The van der Waals surface area contributed by atoms with Crippen LogP contribution in [0.1, 0.15) is 18.4 Å². The fraction of sp³-hybridized carbons (Fsp3) is 0.444. The Labute approximate surface area is 140 Å². The number of aromatic nitrogens is 1. The van der Waals surface area contributed by atoms with E-state index in [1.807, 2.05) is 35.4 Å². The quantitative estimate of drug-likeness (QED) is 0.875. The highest BCUT2D eigenvalue weighted by Gasteiger charge is 2.37. The SMILES string of the molecule is N[C@@H](Cc1c[nH]c2ccccc12)C(=O)N1CCN(C2CC2)C(=O)C1. The van der Waals surface area contributed by atoms with E-state index in [0.29, 0.717) is 25.6 Å². The minimum absolute atomic E-state index is 0.0522. The highest BCUT2D eigenvalue weighted by atomic mass is 16.2. The number of hydrogen-bond donors (Lipinski definition) is 2. The fourth-order valence-electron chi connectivity index (χ4n) is 3.51. The Balaban J connectivity index is 1.41. The molecule has 1 saturated heterocycles. The number of nitrogens with zero attached hydrogens (tertiary/aromatic N) is 2. The Kier molecular flexibility index (Phi) is 3.76. The zero-order valence-electron chi connectivity index (χ0n) is 13.6. The van der Waals surface area contributed by atoms with Crippen LogP contribution in [0.25, 0.3) is 10.9 Å². The second-order valence-corrected chi connectivity index (χ2v) is 6.75. The summed E-state index contributed by atoms with van der Waals surface area (Å²) in [6, 6.07) is 7.76. The average molecular weight is 326 g/mol. The molecule has 6 nitrogen and oxygen atoms in total. The van der Waals surface area contributed by atoms with Crippen LogP contribution in [0.4, 0.5) is 0 Å². The molecular weight excluding hydrogens is 304 g/mol. The predicted molar refractivity (Wildman–Crippen MR) is 91.3 cm³/mol. The van der Waals surface area contributed by atoms with Gasteiger partial charge in [0, 0.05) is 36.2 Å². The molecule has 2 amide bonds. The van der Waals surface area contributed by atoms with Gasteiger partial charge in [-0.2, -0.15) is 0 Å². The van der Waals surface area contributed by atoms with Gasteiger partial charge in [-0.3, -0.25) is 9.59 Å². The average Bonchev–Trinajstić information content (AvgIpc) is 3.36. The van der Waals surface area contributed by atoms with Crippen molar-refractivity contribution in [3.8, 4) is 0 Å². The summed E-state index contributed by atoms with van der Waals surface area (Å²) >= 11 is 0. The molecule has 3 N–H and O–H groups in total. The zero-order valence-corrected chi connectivity index (χ0v) is 13.6. The van der Waals surface area contributed by atoms with E-state index in [9.17, 15) is 9.59 Å². The third kappa shape index (κ3) is 2.78. The van der Waals surface area contributed by atoms with Crippen molar-refractivity contribution in [1.29, 1.82) is 0 Å². The number of piperazine rings is 1. The van der Waals surface area contributed by atoms with Crippen LogP contribution in [0, 0.1) is 0 Å². The van der Waals surface area contributed by atoms with E-state index in [1.165, 1.54) is 0 Å². The van der Waals surface area contributed by atoms with E-state index in [2.05, 4.69) is 4.98 Å². The summed E-state index contributed by atoms with van der Waals surface area (Å²) in [5.74, 6) is -0.0829. The number of amides is 2. The molecule has 4 rings (SSSR count). The lowest BCUT2D eigenvalue weighted by Gasteiger charge is -2.35. The molecular formula is C18H22N4O2. The van der Waals surface area contributed by atoms with Crippen molar-refractivity contribution in [3.63, 3.8) is 0 Å². The molecule has 1 aromatic carbocycles. The first kappa shape index (κ1) is 15.2. The van der Waals surface area contributed by atoms with Crippen LogP contribution in [0.5, 0.6) is 0 Å². The molecule has 1 aromatic heterocycles. The minimum Gasteiger partial charge on any atom is -0.361 e. The molecule has 1 aliphatic carbocycles. The first-order valence-electron chi connectivity index (χ1n) is 8.52. The first-order valence-corrected chi connectivity index (χ1v) is 8.52. The number of nitrogens with two attached hydrogens (primary N) is 1. The van der Waals surface area contributed by atoms with Gasteiger partial charge in [0.1, 0.15) is 0 Å². The molecule has 6 heteroatoms. The lowest BCUT2D eigenvalue weighted by molar-refractivity contribution is -0.146. The molecule has 0 unspecified atom stereocenters. The van der Waals surface area contributed by atoms with Crippen molar-refractivity contribution in [2.24, 2.45) is 5.73 Å². The first-order chi connectivity index (χ1) is 11.6. The number of rotatable bonds is 4. The number of hydrogen-bond acceptors (Lipinski definition) is 3. The van der Waals surface area contributed by atoms with Crippen LogP contribution in [0.3, 0.4) is 0 Å². The Morgan fingerprint density at radius 2 is 2.08 bits per heavy atom. The summed E-state index contributed by atoms with van der Waals surface area (Å²) in [5.41, 5.74) is 8.23. The van der Waals surface area contributed by atoms with Gasteiger partial charge in [0.25, 0.3) is 0 Å². The van der Waals surface area contributed by atoms with Crippen LogP contribution >= 0.6 is 0 Å². The smallest absolute Gasteiger partial charge is 0.242 e. The van der Waals surface area contributed by atoms with E-state index in [4.69, 9.17) is 5.73 Å². The summed E-state index contributed by atoms with van der Waals surface area (Å²) in [6.45, 7) is 1.38. The number of carbonyl (C=O) groups is 2. The Morgan fingerprint density at radius 3 is 2.83 bits per heavy atom. The predicted octanol–water partition coefficient (Wildman–Crippen LogP) is 0.871. The lowest BCUT2D eigenvalue weighted by atomic mass is 10.0. The number of nitrogens with one attached hydrogen (secondary N) is 1. The molecule has 1 aliphatic heterocycles. The van der Waals surface area contributed by atoms with Crippen molar-refractivity contribution in [3.05, 3.63) is 36.0 Å². The number of aromatic amines is 1. The number of benzene rings is 1. The second-order valence-electron chi connectivity index (χ2n) is 6.75. The largest absolute Gasteiger partial charge is 0.361 e. The van der Waals surface area contributed by atoms with E-state index in [-0.39, 0.29) is 18.4 Å². The number of H-pyrrole nitrogens is 1. The molecule has 1 saturated carbocycles. The standard InChI is InChI=1S/C18H22N4O2/c19-15(9-12-10-20-16-4-2-1-3-14(12)16)18(24)21-7-8-22(13-5-6-13)17(23)11-21/h1-4,10,13,15,20H,5-9,11,19H2/t15-/m0/s1. The highest BCUT2D eigenvalue weighted by molar-refractivity contribution is 5.90. The Morgan fingerprint density at radius 1 is 1.29 bits per heavy atom. The van der Waals surface area contributed by atoms with Crippen molar-refractivity contribution >= 4 is 22.7 Å². The van der Waals surface area contributed by atoms with Crippen molar-refractivity contribution in [1.82, 2.24) is 14.8 Å². The lowest BCUT2D eigenvalue weighted by Crippen LogP contribution is -2.56. The summed E-state index contributed by atoms with van der Waals surface area (Å²) in [6.07, 6.45) is 4.58. The summed E-state index contributed by atoms with van der Waals surface area (Å²) < 4.78 is 0. The van der Waals surface area contributed by atoms with Gasteiger partial charge in [0.05, 0.1) is 12.6 Å². The van der Waals surface area contributed by atoms with E-state index < -0.39 is 6.04 Å². The fourth-order valence-corrected chi connectivity index (χ4v) is 3.51. The molecule has 24 heavy (non-hydrogen) atoms. The maximum absolute atomic E-state index is 12.6. The molecule has 0 spiro atoms. The van der Waals surface area contributed by atoms with Gasteiger partial charge in [0.2, 0.25) is 11.8 Å². The van der Waals surface area contributed by atoms with Crippen LogP contribution in [-0.4, -0.2) is 58.3 Å². The van der Waals surface area contributed by atoms with E-state index in [0.717, 1.165) is 29.3 Å². The van der Waals surface area contributed by atoms with Gasteiger partial charge >= 0.3 is 0 Å². The van der Waals surface area contributed by atoms with Crippen molar-refractivity contribution < 1.29 is 9.59 Å². The number of carbonyl (C=O) groups excluding carboxylic acids is 2. The van der Waals surface area contributed by atoms with Gasteiger partial charge in [-0.15, -0.1) is 0 Å². The van der Waals surface area contributed by atoms with Crippen molar-refractivity contribution in [2.75, 3.05) is 19.6 Å². The Hall–Kier alpha value is -2.34. The van der Waals surface area contributed by atoms with Crippen LogP contribution in [0.2, 0.25) is 0 Å². The topological polar surface area (TPSA) is 82.4 Å². The Bertz CT molecular complexity index is 780. The van der Waals surface area contributed by atoms with Gasteiger partial charge in [0.15, 0.2) is 0 Å². The van der Waals surface area contributed by atoms with Crippen molar-refractivity contribution in [2.45, 2.75) is 31.3 Å². The molecule has 2 aliphatic rings. The van der Waals surface area contributed by atoms with Gasteiger partial charge in [-0.25, -0.2) is 0 Å². The molecule has 2 fully saturated rings. The van der Waals surface area contributed by atoms with E-state index in [1.54, 1.807) is 4.90 Å². The van der Waals surface area contributed by atoms with Crippen LogP contribution in [-0.2, 0) is 16.0 Å². The summed E-state index contributed by atoms with van der Waals surface area (Å²) in [4.78, 5) is 31.5. The number of para-hydroxylation sites is 1. The van der Waals surface area contributed by atoms with E-state index >= 15 is 0 Å². The maximum Gasteiger partial charge on any atom is 0.242 e. The molecule has 1 atom stereocenters. The monoisotopic (exact) mass is 326 g/mol. The molecule has 2 aromatic rings. The molecule has 2 heterocycles. The van der Waals surface area contributed by atoms with Crippen LogP contribution < -0.4 is 5.73 Å². The molecule has 126 valence electrons. The minimum atomic E-state index is -0.621. The molecule has 0 radical (unpaired) electrons. The van der Waals surface area contributed by atoms with Gasteiger partial charge in [-0.05, 0) is 30.9 Å². The zero-order chi connectivity index (χ0) is 16.7. The third-order valence-corrected chi connectivity index (χ3v) is 4.99. The second kappa shape index (κ2) is 5.94. The summed E-state index contributed by atoms with van der Waals surface area (Å²) in [5, 5.41) is 1.09. The van der Waals surface area contributed by atoms with Gasteiger partial charge in [-0.1, -0.05) is 18.2 Å². The van der Waals surface area contributed by atoms with Gasteiger partial charge < -0.3 is 20.5 Å². The third-order valence-electron chi connectivity index (χ3n) is 4.99. The van der Waals surface area contributed by atoms with Crippen LogP contribution in [0.15, 0.2) is 30.5 Å².